The van der Waals surface area contributed by atoms with Gasteiger partial charge in [-0.25, -0.2) is 0 Å². The van der Waals surface area contributed by atoms with E-state index in [-0.39, 0.29) is 11.3 Å². The van der Waals surface area contributed by atoms with E-state index in [1.54, 1.807) is 30.3 Å². The van der Waals surface area contributed by atoms with Crippen molar-refractivity contribution in [2.45, 2.75) is 0 Å². The number of thioether (sulfide) groups is 1. The van der Waals surface area contributed by atoms with Crippen LogP contribution in [0.1, 0.15) is 5.56 Å². The maximum Gasteiger partial charge on any atom is 0.270 e. The Balaban J connectivity index is 1.76. The van der Waals surface area contributed by atoms with Gasteiger partial charge in [-0.15, -0.1) is 0 Å². The van der Waals surface area contributed by atoms with Crippen molar-refractivity contribution < 1.29 is 9.21 Å². The van der Waals surface area contributed by atoms with E-state index in [4.69, 9.17) is 16.6 Å². The molecule has 25 heavy (non-hydrogen) atoms. The molecule has 1 aliphatic rings. The van der Waals surface area contributed by atoms with Gasteiger partial charge in [0.25, 0.3) is 5.91 Å². The molecule has 2 aromatic carbocycles. The molecule has 4 nitrogen and oxygen atoms in total. The van der Waals surface area contributed by atoms with E-state index in [2.05, 4.69) is 0 Å². The third-order valence-corrected chi connectivity index (χ3v) is 5.10. The molecule has 0 N–H and O–H groups in total. The van der Waals surface area contributed by atoms with E-state index < -0.39 is 0 Å². The van der Waals surface area contributed by atoms with Crippen molar-refractivity contribution in [3.63, 3.8) is 0 Å². The summed E-state index contributed by atoms with van der Waals surface area (Å²) in [6.07, 6.45) is 2.92. The molecule has 2 heterocycles. The molecule has 0 bridgehead atoms. The number of benzene rings is 2. The van der Waals surface area contributed by atoms with E-state index >= 15 is 0 Å². The monoisotopic (exact) mass is 365 g/mol. The highest BCUT2D eigenvalue weighted by Crippen LogP contribution is 2.35. The number of hydrogen-bond donors (Lipinski definition) is 0. The number of hydrogen-bond acceptors (Lipinski definition) is 5. The number of para-hydroxylation sites is 2. The minimum Gasteiger partial charge on any atom is -0.463 e. The molecule has 0 atom stereocenters. The van der Waals surface area contributed by atoms with E-state index in [9.17, 15) is 9.59 Å². The SMILES string of the molecule is O=C1/C(=C/c2coc3ccccc3c2=O)SC(=S)N1c1ccccc1. The quantitative estimate of drug-likeness (QED) is 0.503. The summed E-state index contributed by atoms with van der Waals surface area (Å²) in [5.41, 5.74) is 1.37. The maximum atomic E-state index is 12.7. The number of rotatable bonds is 2. The van der Waals surface area contributed by atoms with Gasteiger partial charge in [0.1, 0.15) is 11.8 Å². The number of anilines is 1. The van der Waals surface area contributed by atoms with Gasteiger partial charge in [-0.05, 0) is 30.3 Å². The molecule has 122 valence electrons. The Morgan fingerprint density at radius 2 is 1.72 bits per heavy atom. The van der Waals surface area contributed by atoms with Gasteiger partial charge in [-0.2, -0.15) is 0 Å². The number of fused-ring (bicyclic) bond motifs is 1. The molecule has 0 radical (unpaired) electrons. The second-order valence-corrected chi connectivity index (χ2v) is 7.04. The highest BCUT2D eigenvalue weighted by Gasteiger charge is 2.33. The summed E-state index contributed by atoms with van der Waals surface area (Å²) in [6.45, 7) is 0. The fraction of sp³-hybridized carbons (Fsp3) is 0. The smallest absolute Gasteiger partial charge is 0.270 e. The summed E-state index contributed by atoms with van der Waals surface area (Å²) in [4.78, 5) is 27.2. The molecular weight excluding hydrogens is 354 g/mol. The number of thiocarbonyl (C=S) groups is 1. The number of nitrogens with zero attached hydrogens (tertiary/aromatic N) is 1. The average molecular weight is 365 g/mol. The zero-order valence-corrected chi connectivity index (χ0v) is 14.5. The van der Waals surface area contributed by atoms with Gasteiger partial charge in [0.15, 0.2) is 9.75 Å². The van der Waals surface area contributed by atoms with Crippen LogP contribution in [0.25, 0.3) is 17.0 Å². The predicted octanol–water partition coefficient (Wildman–Crippen LogP) is 4.20. The number of amides is 1. The van der Waals surface area contributed by atoms with Gasteiger partial charge < -0.3 is 4.42 Å². The number of carbonyl (C=O) groups excluding carboxylic acids is 1. The van der Waals surface area contributed by atoms with Crippen LogP contribution < -0.4 is 10.3 Å². The second-order valence-electron chi connectivity index (χ2n) is 5.37. The third-order valence-electron chi connectivity index (χ3n) is 3.80. The molecule has 0 saturated carbocycles. The highest BCUT2D eigenvalue weighted by atomic mass is 32.2. The fourth-order valence-corrected chi connectivity index (χ4v) is 3.89. The fourth-order valence-electron chi connectivity index (χ4n) is 2.60. The third kappa shape index (κ3) is 2.79. The Morgan fingerprint density at radius 1 is 1.00 bits per heavy atom. The van der Waals surface area contributed by atoms with E-state index in [1.165, 1.54) is 22.9 Å². The normalized spacial score (nSPS) is 16.2. The molecule has 1 saturated heterocycles. The van der Waals surface area contributed by atoms with Crippen LogP contribution in [0.4, 0.5) is 5.69 Å². The lowest BCUT2D eigenvalue weighted by atomic mass is 10.1. The molecule has 0 unspecified atom stereocenters. The van der Waals surface area contributed by atoms with Crippen LogP contribution in [0, 0.1) is 0 Å². The first-order valence-corrected chi connectivity index (χ1v) is 8.71. The minimum absolute atomic E-state index is 0.174. The van der Waals surface area contributed by atoms with E-state index in [0.717, 1.165) is 0 Å². The molecule has 4 rings (SSSR count). The van der Waals surface area contributed by atoms with Crippen LogP contribution in [0.2, 0.25) is 0 Å². The molecule has 1 amide bonds. The summed E-state index contributed by atoms with van der Waals surface area (Å²) in [5, 5.41) is 0.481. The summed E-state index contributed by atoms with van der Waals surface area (Å²) >= 11 is 6.50. The van der Waals surface area contributed by atoms with Crippen LogP contribution in [-0.2, 0) is 4.79 Å². The molecule has 0 aliphatic carbocycles. The van der Waals surface area contributed by atoms with Crippen LogP contribution in [0.5, 0.6) is 0 Å². The Bertz CT molecular complexity index is 1090. The first-order valence-electron chi connectivity index (χ1n) is 7.49. The minimum atomic E-state index is -0.242. The maximum absolute atomic E-state index is 12.7. The van der Waals surface area contributed by atoms with Crippen molar-refractivity contribution >= 4 is 56.9 Å². The molecule has 6 heteroatoms. The number of carbonyl (C=O) groups is 1. The summed E-state index contributed by atoms with van der Waals surface area (Å²) < 4.78 is 5.93. The average Bonchev–Trinajstić information content (AvgIpc) is 2.92. The molecular formula is C19H11NO3S2. The van der Waals surface area contributed by atoms with E-state index in [0.29, 0.717) is 31.4 Å². The van der Waals surface area contributed by atoms with Gasteiger partial charge >= 0.3 is 0 Å². The Hall–Kier alpha value is -2.70. The van der Waals surface area contributed by atoms with Gasteiger partial charge in [0.05, 0.1) is 21.5 Å². The summed E-state index contributed by atoms with van der Waals surface area (Å²) in [7, 11) is 0. The molecule has 0 spiro atoms. The van der Waals surface area contributed by atoms with Gasteiger partial charge in [0.2, 0.25) is 0 Å². The van der Waals surface area contributed by atoms with Crippen molar-refractivity contribution in [3.05, 3.63) is 81.6 Å². The van der Waals surface area contributed by atoms with Crippen LogP contribution in [0.3, 0.4) is 0 Å². The molecule has 3 aromatic rings. The van der Waals surface area contributed by atoms with Crippen molar-refractivity contribution in [1.82, 2.24) is 0 Å². The highest BCUT2D eigenvalue weighted by molar-refractivity contribution is 8.27. The van der Waals surface area contributed by atoms with Gasteiger partial charge in [-0.3, -0.25) is 14.5 Å². The zero-order valence-electron chi connectivity index (χ0n) is 12.8. The lowest BCUT2D eigenvalue weighted by Gasteiger charge is -2.13. The molecule has 1 aromatic heterocycles. The first kappa shape index (κ1) is 15.8. The Kier molecular flexibility index (Phi) is 3.99. The van der Waals surface area contributed by atoms with Gasteiger partial charge in [-0.1, -0.05) is 54.3 Å². The van der Waals surface area contributed by atoms with Crippen molar-refractivity contribution in [1.29, 1.82) is 0 Å². The first-order chi connectivity index (χ1) is 12.1. The summed E-state index contributed by atoms with van der Waals surface area (Å²) in [5.74, 6) is -0.242. The molecule has 1 aliphatic heterocycles. The van der Waals surface area contributed by atoms with Gasteiger partial charge in [0, 0.05) is 0 Å². The van der Waals surface area contributed by atoms with Crippen molar-refractivity contribution in [2.75, 3.05) is 4.90 Å². The second kappa shape index (κ2) is 6.31. The summed E-state index contributed by atoms with van der Waals surface area (Å²) in [6, 6.07) is 16.2. The molecule has 1 fully saturated rings. The topological polar surface area (TPSA) is 50.5 Å². The van der Waals surface area contributed by atoms with Crippen LogP contribution in [-0.4, -0.2) is 10.2 Å². The Morgan fingerprint density at radius 3 is 2.52 bits per heavy atom. The van der Waals surface area contributed by atoms with Crippen molar-refractivity contribution in [2.24, 2.45) is 0 Å². The standard InChI is InChI=1S/C19H11NO3S2/c21-17-12(11-23-15-9-5-4-8-14(15)17)10-16-18(22)20(19(24)25-16)13-6-2-1-3-7-13/h1-11H/b16-10-. The largest absolute Gasteiger partial charge is 0.463 e. The zero-order chi connectivity index (χ0) is 17.4. The lowest BCUT2D eigenvalue weighted by Crippen LogP contribution is -2.27. The lowest BCUT2D eigenvalue weighted by molar-refractivity contribution is -0.113. The van der Waals surface area contributed by atoms with Crippen LogP contribution in [0.15, 0.2) is 75.0 Å². The van der Waals surface area contributed by atoms with E-state index in [1.807, 2.05) is 30.3 Å². The van der Waals surface area contributed by atoms with Crippen LogP contribution >= 0.6 is 24.0 Å². The van der Waals surface area contributed by atoms with Crippen molar-refractivity contribution in [3.8, 4) is 0 Å². The Labute approximate surface area is 152 Å². The predicted molar refractivity (Wildman–Crippen MR) is 105 cm³/mol.